The Bertz CT molecular complexity index is 1370. The van der Waals surface area contributed by atoms with E-state index >= 15 is 0 Å². The molecule has 0 bridgehead atoms. The molecule has 1 aliphatic rings. The minimum absolute atomic E-state index is 0.0658. The van der Waals surface area contributed by atoms with Crippen LogP contribution in [0.2, 0.25) is 0 Å². The molecule has 0 radical (unpaired) electrons. The van der Waals surface area contributed by atoms with Gasteiger partial charge in [-0.2, -0.15) is 0 Å². The first kappa shape index (κ1) is 25.2. The summed E-state index contributed by atoms with van der Waals surface area (Å²) in [6.07, 6.45) is 4.75. The van der Waals surface area contributed by atoms with Crippen LogP contribution >= 0.6 is 0 Å². The fraction of sp³-hybridized carbons (Fsp3) is 0.290. The second kappa shape index (κ2) is 11.3. The number of ether oxygens (including phenoxy) is 1. The highest BCUT2D eigenvalue weighted by atomic mass is 19.1. The molecule has 1 fully saturated rings. The quantitative estimate of drug-likeness (QED) is 0.257. The van der Waals surface area contributed by atoms with Gasteiger partial charge >= 0.3 is 0 Å². The maximum atomic E-state index is 14.8. The standard InChI is InChI=1S/C31H31F2NO3/c32-22-8-14-29(33)28(19-22)27-12-7-21-18-24(35)9-13-26(21)30(27)31(36)20-5-10-25(11-6-20)37-17-15-23-4-2-1-3-16-34-23/h5-14,18-19,23,31,34-36H,1-4,15-17H2. The molecule has 2 unspecified atom stereocenters. The van der Waals surface area contributed by atoms with Crippen LogP contribution in [0.3, 0.4) is 0 Å². The van der Waals surface area contributed by atoms with Crippen LogP contribution in [0.15, 0.2) is 72.8 Å². The van der Waals surface area contributed by atoms with Crippen molar-refractivity contribution in [1.82, 2.24) is 5.32 Å². The maximum Gasteiger partial charge on any atom is 0.131 e. The van der Waals surface area contributed by atoms with Crippen LogP contribution in [-0.4, -0.2) is 29.4 Å². The molecule has 1 heterocycles. The predicted octanol–water partition coefficient (Wildman–Crippen LogP) is 6.87. The lowest BCUT2D eigenvalue weighted by Crippen LogP contribution is -2.29. The summed E-state index contributed by atoms with van der Waals surface area (Å²) in [5, 5.41) is 26.3. The molecule has 1 saturated heterocycles. The maximum absolute atomic E-state index is 14.8. The molecule has 4 aromatic carbocycles. The Labute approximate surface area is 215 Å². The second-order valence-electron chi connectivity index (χ2n) is 9.67. The van der Waals surface area contributed by atoms with Crippen LogP contribution in [0.25, 0.3) is 21.9 Å². The van der Waals surface area contributed by atoms with Crippen molar-refractivity contribution in [3.05, 3.63) is 95.6 Å². The first-order chi connectivity index (χ1) is 18.0. The predicted molar refractivity (Wildman–Crippen MR) is 142 cm³/mol. The van der Waals surface area contributed by atoms with Crippen molar-refractivity contribution in [2.45, 2.75) is 44.2 Å². The number of aliphatic hydroxyl groups excluding tert-OH is 1. The fourth-order valence-corrected chi connectivity index (χ4v) is 5.15. The number of nitrogens with one attached hydrogen (secondary N) is 1. The Hall–Kier alpha value is -3.48. The number of aliphatic hydroxyl groups is 1. The minimum atomic E-state index is -1.12. The fourth-order valence-electron chi connectivity index (χ4n) is 5.15. The van der Waals surface area contributed by atoms with E-state index in [2.05, 4.69) is 5.32 Å². The van der Waals surface area contributed by atoms with Crippen molar-refractivity contribution in [3.63, 3.8) is 0 Å². The topological polar surface area (TPSA) is 61.7 Å². The summed E-state index contributed by atoms with van der Waals surface area (Å²) in [4.78, 5) is 0. The molecule has 1 aliphatic heterocycles. The number of halogens is 2. The third kappa shape index (κ3) is 5.76. The monoisotopic (exact) mass is 503 g/mol. The Morgan fingerprint density at radius 2 is 1.73 bits per heavy atom. The van der Waals surface area contributed by atoms with Gasteiger partial charge in [0, 0.05) is 17.2 Å². The number of aromatic hydroxyl groups is 1. The minimum Gasteiger partial charge on any atom is -0.508 e. The molecule has 4 aromatic rings. The van der Waals surface area contributed by atoms with E-state index in [9.17, 15) is 19.0 Å². The number of fused-ring (bicyclic) bond motifs is 1. The molecule has 6 heteroatoms. The van der Waals surface area contributed by atoms with Gasteiger partial charge in [-0.1, -0.05) is 43.2 Å². The van der Waals surface area contributed by atoms with E-state index in [1.165, 1.54) is 31.7 Å². The molecule has 37 heavy (non-hydrogen) atoms. The van der Waals surface area contributed by atoms with Crippen LogP contribution < -0.4 is 10.1 Å². The summed E-state index contributed by atoms with van der Waals surface area (Å²) >= 11 is 0. The van der Waals surface area contributed by atoms with Gasteiger partial charge in [-0.25, -0.2) is 8.78 Å². The van der Waals surface area contributed by atoms with Gasteiger partial charge in [-0.05, 0) is 90.2 Å². The van der Waals surface area contributed by atoms with Gasteiger partial charge in [0.1, 0.15) is 29.2 Å². The summed E-state index contributed by atoms with van der Waals surface area (Å²) in [6.45, 7) is 1.67. The lowest BCUT2D eigenvalue weighted by atomic mass is 9.88. The summed E-state index contributed by atoms with van der Waals surface area (Å²) in [6, 6.07) is 19.1. The van der Waals surface area contributed by atoms with E-state index < -0.39 is 17.7 Å². The van der Waals surface area contributed by atoms with Gasteiger partial charge in [0.2, 0.25) is 0 Å². The lowest BCUT2D eigenvalue weighted by molar-refractivity contribution is 0.222. The zero-order valence-electron chi connectivity index (χ0n) is 20.6. The molecule has 5 rings (SSSR count). The molecular weight excluding hydrogens is 472 g/mol. The van der Waals surface area contributed by atoms with Gasteiger partial charge in [-0.15, -0.1) is 0 Å². The normalized spacial score (nSPS) is 16.9. The first-order valence-corrected chi connectivity index (χ1v) is 12.8. The Morgan fingerprint density at radius 1 is 0.892 bits per heavy atom. The molecule has 0 saturated carbocycles. The summed E-state index contributed by atoms with van der Waals surface area (Å²) in [7, 11) is 0. The molecule has 192 valence electrons. The highest BCUT2D eigenvalue weighted by Gasteiger charge is 2.22. The molecule has 3 N–H and O–H groups in total. The molecule has 0 aliphatic carbocycles. The van der Waals surface area contributed by atoms with Gasteiger partial charge in [0.05, 0.1) is 6.61 Å². The van der Waals surface area contributed by atoms with Crippen molar-refractivity contribution in [3.8, 4) is 22.6 Å². The second-order valence-corrected chi connectivity index (χ2v) is 9.67. The molecule has 0 spiro atoms. The molecule has 0 aromatic heterocycles. The van der Waals surface area contributed by atoms with Crippen molar-refractivity contribution >= 4 is 10.8 Å². The molecule has 0 amide bonds. The average Bonchev–Trinajstić information content (AvgIpc) is 3.18. The summed E-state index contributed by atoms with van der Waals surface area (Å²) in [5.74, 6) is -0.356. The third-order valence-electron chi connectivity index (χ3n) is 7.13. The van der Waals surface area contributed by atoms with E-state index in [1.54, 1.807) is 36.4 Å². The summed E-state index contributed by atoms with van der Waals surface area (Å²) < 4.78 is 34.8. The number of hydrogen-bond acceptors (Lipinski definition) is 4. The zero-order chi connectivity index (χ0) is 25.8. The SMILES string of the molecule is Oc1ccc2c(C(O)c3ccc(OCCC4CCCCCN4)cc3)c(-c3cc(F)ccc3F)ccc2c1. The van der Waals surface area contributed by atoms with E-state index in [4.69, 9.17) is 4.74 Å². The van der Waals surface area contributed by atoms with Crippen molar-refractivity contribution in [1.29, 1.82) is 0 Å². The Balaban J connectivity index is 1.42. The van der Waals surface area contributed by atoms with E-state index in [0.717, 1.165) is 31.2 Å². The highest BCUT2D eigenvalue weighted by Crippen LogP contribution is 2.39. The Morgan fingerprint density at radius 3 is 2.57 bits per heavy atom. The number of hydrogen-bond donors (Lipinski definition) is 3. The van der Waals surface area contributed by atoms with Crippen LogP contribution in [0, 0.1) is 11.6 Å². The van der Waals surface area contributed by atoms with E-state index in [1.807, 2.05) is 12.1 Å². The van der Waals surface area contributed by atoms with Crippen LogP contribution in [0.4, 0.5) is 8.78 Å². The van der Waals surface area contributed by atoms with Gasteiger partial charge in [-0.3, -0.25) is 0 Å². The van der Waals surface area contributed by atoms with Crippen molar-refractivity contribution in [2.24, 2.45) is 0 Å². The van der Waals surface area contributed by atoms with Crippen molar-refractivity contribution in [2.75, 3.05) is 13.2 Å². The third-order valence-corrected chi connectivity index (χ3v) is 7.13. The van der Waals surface area contributed by atoms with Gasteiger partial charge in [0.25, 0.3) is 0 Å². The smallest absolute Gasteiger partial charge is 0.131 e. The largest absolute Gasteiger partial charge is 0.508 e. The molecule has 2 atom stereocenters. The molecular formula is C31H31F2NO3. The average molecular weight is 504 g/mol. The number of benzene rings is 4. The van der Waals surface area contributed by atoms with Crippen molar-refractivity contribution < 1.29 is 23.7 Å². The number of rotatable bonds is 7. The first-order valence-electron chi connectivity index (χ1n) is 12.8. The Kier molecular flexibility index (Phi) is 7.68. The molecule has 4 nitrogen and oxygen atoms in total. The summed E-state index contributed by atoms with van der Waals surface area (Å²) in [5.41, 5.74) is 1.49. The van der Waals surface area contributed by atoms with Crippen LogP contribution in [0.1, 0.15) is 49.3 Å². The van der Waals surface area contributed by atoms with Gasteiger partial charge in [0.15, 0.2) is 0 Å². The highest BCUT2D eigenvalue weighted by molar-refractivity contribution is 5.93. The van der Waals surface area contributed by atoms with Crippen LogP contribution in [-0.2, 0) is 0 Å². The number of phenolic OH excluding ortho intramolecular Hbond substituents is 1. The van der Waals surface area contributed by atoms with Crippen LogP contribution in [0.5, 0.6) is 11.5 Å². The number of phenols is 1. The van der Waals surface area contributed by atoms with Gasteiger partial charge < -0.3 is 20.3 Å². The zero-order valence-corrected chi connectivity index (χ0v) is 20.6. The van der Waals surface area contributed by atoms with E-state index in [0.29, 0.717) is 45.9 Å². The lowest BCUT2D eigenvalue weighted by Gasteiger charge is -2.20. The van der Waals surface area contributed by atoms with E-state index in [-0.39, 0.29) is 11.3 Å².